The van der Waals surface area contributed by atoms with Gasteiger partial charge >= 0.3 is 0 Å². The predicted molar refractivity (Wildman–Crippen MR) is 154 cm³/mol. The molecule has 0 bridgehead atoms. The second-order valence-electron chi connectivity index (χ2n) is 8.95. The molecule has 0 aliphatic heterocycles. The van der Waals surface area contributed by atoms with Crippen molar-refractivity contribution in [1.82, 2.24) is 0 Å². The molecule has 177 valence electrons. The fourth-order valence-corrected chi connectivity index (χ4v) is 3.44. The van der Waals surface area contributed by atoms with Crippen molar-refractivity contribution in [3.8, 4) is 0 Å². The van der Waals surface area contributed by atoms with Gasteiger partial charge in [-0.1, -0.05) is 152 Å². The van der Waals surface area contributed by atoms with E-state index in [1.165, 1.54) is 71.5 Å². The van der Waals surface area contributed by atoms with Crippen molar-refractivity contribution >= 4 is 36.7 Å². The van der Waals surface area contributed by atoms with Crippen molar-refractivity contribution in [3.05, 3.63) is 75.7 Å². The Bertz CT molecular complexity index is 1020. The topological polar surface area (TPSA) is 0 Å². The Hall–Kier alpha value is -2.28. The molecule has 0 saturated heterocycles. The first kappa shape index (κ1) is 28.8. The van der Waals surface area contributed by atoms with Gasteiger partial charge in [-0.05, 0) is 45.7 Å². The van der Waals surface area contributed by atoms with Crippen molar-refractivity contribution in [2.45, 2.75) is 92.8 Å². The van der Waals surface area contributed by atoms with E-state index in [0.717, 1.165) is 23.2 Å². The van der Waals surface area contributed by atoms with E-state index in [9.17, 15) is 0 Å². The summed E-state index contributed by atoms with van der Waals surface area (Å²) < 4.78 is 0. The zero-order valence-corrected chi connectivity index (χ0v) is 22.3. The van der Waals surface area contributed by atoms with Crippen molar-refractivity contribution in [2.24, 2.45) is 0 Å². The Morgan fingerprint density at radius 3 is 1.91 bits per heavy atom. The van der Waals surface area contributed by atoms with E-state index in [2.05, 4.69) is 111 Å². The third-order valence-electron chi connectivity index (χ3n) is 5.92. The van der Waals surface area contributed by atoms with Crippen LogP contribution in [0.15, 0.2) is 48.5 Å². The van der Waals surface area contributed by atoms with Gasteiger partial charge in [-0.2, -0.15) is 0 Å². The standard InChI is InChI=1S/C24H26B.2C4H10/c1-5-6-14-25-23-9-7-8-22-19(4)21(15-18(3)24(22)23)16-20-12-10-17(2)11-13-20;2*1-3-4-2/h7-13,15H,3-6,14,16H2,1-2H3;2*3-4H2,1-2H3. The molecular weight excluding hydrogens is 395 g/mol. The maximum absolute atomic E-state index is 4.40. The van der Waals surface area contributed by atoms with Gasteiger partial charge in [0.25, 0.3) is 0 Å². The SMILES string of the molecule is C=c1c(Cc2ccc(C)cc2)cc(=C)c2c([B]CCCC)cccc12.CCCC.CCCC. The molecule has 0 aromatic heterocycles. The molecule has 1 radical (unpaired) electrons. The van der Waals surface area contributed by atoms with Crippen molar-refractivity contribution in [3.63, 3.8) is 0 Å². The molecule has 33 heavy (non-hydrogen) atoms. The monoisotopic (exact) mass is 441 g/mol. The van der Waals surface area contributed by atoms with Gasteiger partial charge < -0.3 is 0 Å². The largest absolute Gasteiger partial charge is 0.152 e. The van der Waals surface area contributed by atoms with Gasteiger partial charge in [0.2, 0.25) is 0 Å². The summed E-state index contributed by atoms with van der Waals surface area (Å²) in [5.74, 6) is 0. The zero-order chi connectivity index (χ0) is 24.6. The number of hydrogen-bond acceptors (Lipinski definition) is 0. The van der Waals surface area contributed by atoms with Crippen LogP contribution in [0.4, 0.5) is 0 Å². The first-order chi connectivity index (χ1) is 15.9. The van der Waals surface area contributed by atoms with Crippen molar-refractivity contribution in [1.29, 1.82) is 0 Å². The number of benzene rings is 3. The van der Waals surface area contributed by atoms with E-state index in [-0.39, 0.29) is 0 Å². The lowest BCUT2D eigenvalue weighted by Gasteiger charge is -2.11. The molecule has 0 N–H and O–H groups in total. The first-order valence-electron chi connectivity index (χ1n) is 13.0. The Labute approximate surface area is 205 Å². The van der Waals surface area contributed by atoms with Gasteiger partial charge in [0, 0.05) is 0 Å². The van der Waals surface area contributed by atoms with Gasteiger partial charge in [0.05, 0.1) is 0 Å². The van der Waals surface area contributed by atoms with Crippen LogP contribution in [0.3, 0.4) is 0 Å². The summed E-state index contributed by atoms with van der Waals surface area (Å²) in [6, 6.07) is 17.5. The molecule has 3 aromatic carbocycles. The maximum Gasteiger partial charge on any atom is 0.152 e. The summed E-state index contributed by atoms with van der Waals surface area (Å²) in [6.07, 6.45) is 9.75. The lowest BCUT2D eigenvalue weighted by molar-refractivity contribution is 0.881. The Morgan fingerprint density at radius 1 is 0.758 bits per heavy atom. The minimum absolute atomic E-state index is 0.904. The molecule has 3 rings (SSSR count). The highest BCUT2D eigenvalue weighted by Gasteiger charge is 2.07. The molecular formula is C32H46B. The number of rotatable bonds is 8. The van der Waals surface area contributed by atoms with Crippen LogP contribution in [-0.2, 0) is 6.42 Å². The highest BCUT2D eigenvalue weighted by atomic mass is 14.1. The lowest BCUT2D eigenvalue weighted by Crippen LogP contribution is -2.25. The molecule has 0 unspecified atom stereocenters. The molecule has 0 atom stereocenters. The third-order valence-corrected chi connectivity index (χ3v) is 5.92. The summed E-state index contributed by atoms with van der Waals surface area (Å²) in [6.45, 7) is 21.8. The number of hydrogen-bond donors (Lipinski definition) is 0. The number of fused-ring (bicyclic) bond motifs is 1. The van der Waals surface area contributed by atoms with Gasteiger partial charge in [0.1, 0.15) is 0 Å². The summed E-state index contributed by atoms with van der Waals surface area (Å²) in [7, 11) is 2.35. The zero-order valence-electron chi connectivity index (χ0n) is 22.3. The molecule has 0 amide bonds. The predicted octanol–water partition coefficient (Wildman–Crippen LogP) is 7.72. The van der Waals surface area contributed by atoms with Crippen LogP contribution in [0, 0.1) is 6.92 Å². The Balaban J connectivity index is 0.000000591. The third kappa shape index (κ3) is 9.62. The van der Waals surface area contributed by atoms with Crippen LogP contribution in [0.25, 0.3) is 23.9 Å². The summed E-state index contributed by atoms with van der Waals surface area (Å²) in [5.41, 5.74) is 5.18. The number of aryl methyl sites for hydroxylation is 1. The van der Waals surface area contributed by atoms with E-state index in [4.69, 9.17) is 0 Å². The quantitative estimate of drug-likeness (QED) is 0.248. The molecule has 0 nitrogen and oxygen atoms in total. The molecule has 0 fully saturated rings. The average molecular weight is 442 g/mol. The minimum Gasteiger partial charge on any atom is -0.0911 e. The average Bonchev–Trinajstić information content (AvgIpc) is 2.84. The van der Waals surface area contributed by atoms with Crippen LogP contribution < -0.4 is 15.9 Å². The lowest BCUT2D eigenvalue weighted by atomic mass is 9.64. The van der Waals surface area contributed by atoms with E-state index in [0.29, 0.717) is 0 Å². The molecule has 0 aliphatic rings. The van der Waals surface area contributed by atoms with E-state index in [1.807, 2.05) is 0 Å². The minimum atomic E-state index is 0.904. The fourth-order valence-electron chi connectivity index (χ4n) is 3.44. The first-order valence-corrected chi connectivity index (χ1v) is 13.0. The van der Waals surface area contributed by atoms with E-state index < -0.39 is 0 Å². The highest BCUT2D eigenvalue weighted by Crippen LogP contribution is 2.11. The van der Waals surface area contributed by atoms with Crippen LogP contribution in [0.5, 0.6) is 0 Å². The van der Waals surface area contributed by atoms with Crippen molar-refractivity contribution < 1.29 is 0 Å². The van der Waals surface area contributed by atoms with Crippen molar-refractivity contribution in [2.75, 3.05) is 0 Å². The number of unbranched alkanes of at least 4 members (excludes halogenated alkanes) is 3. The molecule has 0 aliphatic carbocycles. The summed E-state index contributed by atoms with van der Waals surface area (Å²) in [5, 5.41) is 4.73. The second-order valence-corrected chi connectivity index (χ2v) is 8.95. The maximum atomic E-state index is 4.40. The highest BCUT2D eigenvalue weighted by molar-refractivity contribution is 6.57. The van der Waals surface area contributed by atoms with Crippen LogP contribution in [0.2, 0.25) is 6.32 Å². The Kier molecular flexibility index (Phi) is 14.3. The molecule has 0 heterocycles. The normalized spacial score (nSPS) is 10.1. The smallest absolute Gasteiger partial charge is 0.0911 e. The molecule has 0 spiro atoms. The molecule has 0 saturated carbocycles. The second kappa shape index (κ2) is 16.4. The van der Waals surface area contributed by atoms with Crippen LogP contribution in [-0.4, -0.2) is 7.28 Å². The summed E-state index contributed by atoms with van der Waals surface area (Å²) >= 11 is 0. The van der Waals surface area contributed by atoms with Gasteiger partial charge in [-0.25, -0.2) is 0 Å². The molecule has 3 aromatic rings. The van der Waals surface area contributed by atoms with Gasteiger partial charge in [0.15, 0.2) is 7.28 Å². The molecule has 1 heteroatoms. The summed E-state index contributed by atoms with van der Waals surface area (Å²) in [4.78, 5) is 0. The van der Waals surface area contributed by atoms with E-state index in [1.54, 1.807) is 0 Å². The van der Waals surface area contributed by atoms with Crippen LogP contribution in [0.1, 0.15) is 89.8 Å². The van der Waals surface area contributed by atoms with E-state index >= 15 is 0 Å². The van der Waals surface area contributed by atoms with Gasteiger partial charge in [-0.3, -0.25) is 0 Å². The van der Waals surface area contributed by atoms with Gasteiger partial charge in [-0.15, -0.1) is 0 Å². The Morgan fingerprint density at radius 2 is 1.36 bits per heavy atom. The van der Waals surface area contributed by atoms with Crippen LogP contribution >= 0.6 is 0 Å². The fraction of sp³-hybridized carbons (Fsp3) is 0.438.